The number of nitrogens with one attached hydrogen (secondary N) is 2. The fraction of sp³-hybridized carbons (Fsp3) is 0.417. The Labute approximate surface area is 181 Å². The standard InChI is InChI=1S/C22H33N5O.C2H4/c1-6-13-28-20-10-8-9-19(14-20)15-25-22(24-12-11-17(3)23-5)27-16-18(4)26-21(27)7-2;1-2/h8-11,14,16,23H,6-7,12-13,15H2,1-5H3,(H,24,25);1-2H2/b17-11-;. The lowest BCUT2D eigenvalue weighted by molar-refractivity contribution is 0.317. The van der Waals surface area contributed by atoms with E-state index in [4.69, 9.17) is 9.73 Å². The Hall–Kier alpha value is -3.02. The molecule has 0 bridgehead atoms. The second kappa shape index (κ2) is 14.0. The number of benzene rings is 1. The Morgan fingerprint density at radius 1 is 1.30 bits per heavy atom. The van der Waals surface area contributed by atoms with Gasteiger partial charge in [0, 0.05) is 31.9 Å². The van der Waals surface area contributed by atoms with Gasteiger partial charge in [-0.15, -0.1) is 13.2 Å². The van der Waals surface area contributed by atoms with Crippen LogP contribution in [0.25, 0.3) is 0 Å². The zero-order chi connectivity index (χ0) is 22.4. The third kappa shape index (κ3) is 8.15. The predicted molar refractivity (Wildman–Crippen MR) is 127 cm³/mol. The average Bonchev–Trinajstić information content (AvgIpc) is 3.16. The van der Waals surface area contributed by atoms with Crippen LogP contribution >= 0.6 is 0 Å². The van der Waals surface area contributed by atoms with Gasteiger partial charge < -0.3 is 15.4 Å². The van der Waals surface area contributed by atoms with E-state index in [2.05, 4.69) is 65.4 Å². The second-order valence-electron chi connectivity index (χ2n) is 6.68. The van der Waals surface area contributed by atoms with E-state index >= 15 is 0 Å². The fourth-order valence-electron chi connectivity index (χ4n) is 2.71. The van der Waals surface area contributed by atoms with Crippen LogP contribution in [0.5, 0.6) is 5.75 Å². The summed E-state index contributed by atoms with van der Waals surface area (Å²) in [4.78, 5) is 9.46. The lowest BCUT2D eigenvalue weighted by Crippen LogP contribution is -2.32. The highest BCUT2D eigenvalue weighted by atomic mass is 16.5. The zero-order valence-electron chi connectivity index (χ0n) is 19.2. The highest BCUT2D eigenvalue weighted by Crippen LogP contribution is 2.14. The first-order chi connectivity index (χ1) is 14.6. The van der Waals surface area contributed by atoms with Crippen molar-refractivity contribution in [3.63, 3.8) is 0 Å². The maximum Gasteiger partial charge on any atom is 0.204 e. The third-order valence-electron chi connectivity index (χ3n) is 4.29. The Morgan fingerprint density at radius 3 is 2.73 bits per heavy atom. The summed E-state index contributed by atoms with van der Waals surface area (Å²) in [6.45, 7) is 16.2. The molecule has 0 spiro atoms. The van der Waals surface area contributed by atoms with Crippen molar-refractivity contribution in [3.8, 4) is 5.75 Å². The van der Waals surface area contributed by atoms with Gasteiger partial charge >= 0.3 is 0 Å². The molecule has 6 heteroatoms. The SMILES string of the molecule is C=C.CCCOc1cccc(CN=C(NC/C=C(/C)NC)n2cc(C)nc2CC)c1. The summed E-state index contributed by atoms with van der Waals surface area (Å²) in [6, 6.07) is 8.13. The molecule has 2 aromatic rings. The predicted octanol–water partition coefficient (Wildman–Crippen LogP) is 4.46. The molecule has 2 rings (SSSR count). The third-order valence-corrected chi connectivity index (χ3v) is 4.29. The molecule has 1 aromatic carbocycles. The number of aliphatic imine (C=N–C) groups is 1. The van der Waals surface area contributed by atoms with E-state index in [-0.39, 0.29) is 0 Å². The number of ether oxygens (including phenoxy) is 1. The van der Waals surface area contributed by atoms with Crippen LogP contribution in [0, 0.1) is 6.92 Å². The van der Waals surface area contributed by atoms with Crippen molar-refractivity contribution in [2.24, 2.45) is 4.99 Å². The summed E-state index contributed by atoms with van der Waals surface area (Å²) in [7, 11) is 1.92. The largest absolute Gasteiger partial charge is 0.494 e. The van der Waals surface area contributed by atoms with Crippen molar-refractivity contribution in [1.29, 1.82) is 0 Å². The van der Waals surface area contributed by atoms with E-state index in [0.29, 0.717) is 13.1 Å². The van der Waals surface area contributed by atoms with E-state index in [9.17, 15) is 0 Å². The van der Waals surface area contributed by atoms with Gasteiger partial charge in [0.15, 0.2) is 0 Å². The molecule has 0 aliphatic carbocycles. The molecule has 0 radical (unpaired) electrons. The van der Waals surface area contributed by atoms with Crippen molar-refractivity contribution in [3.05, 3.63) is 72.5 Å². The second-order valence-corrected chi connectivity index (χ2v) is 6.68. The molecule has 1 heterocycles. The summed E-state index contributed by atoms with van der Waals surface area (Å²) in [6.07, 6.45) is 5.97. The first kappa shape index (κ1) is 25.0. The van der Waals surface area contributed by atoms with Crippen LogP contribution in [0.15, 0.2) is 60.4 Å². The molecule has 0 saturated carbocycles. The van der Waals surface area contributed by atoms with Gasteiger partial charge in [-0.1, -0.05) is 26.0 Å². The number of allylic oxidation sites excluding steroid dienone is 1. The number of aromatic nitrogens is 2. The molecule has 0 aliphatic rings. The van der Waals surface area contributed by atoms with Gasteiger partial charge in [0.25, 0.3) is 0 Å². The van der Waals surface area contributed by atoms with Crippen LogP contribution in [0.3, 0.4) is 0 Å². The summed E-state index contributed by atoms with van der Waals surface area (Å²) in [5.74, 6) is 2.69. The van der Waals surface area contributed by atoms with Crippen molar-refractivity contribution in [1.82, 2.24) is 20.2 Å². The normalized spacial score (nSPS) is 11.5. The van der Waals surface area contributed by atoms with Crippen LogP contribution in [-0.4, -0.2) is 35.7 Å². The molecule has 164 valence electrons. The minimum absolute atomic E-state index is 0.570. The van der Waals surface area contributed by atoms with E-state index < -0.39 is 0 Å². The van der Waals surface area contributed by atoms with Crippen LogP contribution < -0.4 is 15.4 Å². The summed E-state index contributed by atoms with van der Waals surface area (Å²) >= 11 is 0. The molecule has 1 aromatic heterocycles. The molecule has 0 aliphatic heterocycles. The van der Waals surface area contributed by atoms with Crippen molar-refractivity contribution in [2.45, 2.75) is 47.1 Å². The van der Waals surface area contributed by atoms with Crippen molar-refractivity contribution >= 4 is 5.96 Å². The molecule has 0 atom stereocenters. The number of aryl methyl sites for hydroxylation is 2. The summed E-state index contributed by atoms with van der Waals surface area (Å²) in [5.41, 5.74) is 3.22. The number of imidazole rings is 1. The van der Waals surface area contributed by atoms with Crippen LogP contribution in [-0.2, 0) is 13.0 Å². The van der Waals surface area contributed by atoms with E-state index in [0.717, 1.165) is 53.9 Å². The Kier molecular flexibility index (Phi) is 11.7. The summed E-state index contributed by atoms with van der Waals surface area (Å²) < 4.78 is 7.79. The molecule has 0 fully saturated rings. The minimum Gasteiger partial charge on any atom is -0.494 e. The van der Waals surface area contributed by atoms with Crippen LogP contribution in [0.4, 0.5) is 0 Å². The first-order valence-corrected chi connectivity index (χ1v) is 10.5. The monoisotopic (exact) mass is 411 g/mol. The van der Waals surface area contributed by atoms with Gasteiger partial charge in [0.05, 0.1) is 18.8 Å². The molecule has 6 nitrogen and oxygen atoms in total. The van der Waals surface area contributed by atoms with Crippen LogP contribution in [0.1, 0.15) is 44.3 Å². The molecule has 2 N–H and O–H groups in total. The zero-order valence-corrected chi connectivity index (χ0v) is 19.2. The Morgan fingerprint density at radius 2 is 2.07 bits per heavy atom. The minimum atomic E-state index is 0.570. The number of nitrogens with zero attached hydrogens (tertiary/aromatic N) is 3. The molecule has 0 saturated heterocycles. The van der Waals surface area contributed by atoms with Crippen molar-refractivity contribution in [2.75, 3.05) is 20.2 Å². The van der Waals surface area contributed by atoms with Crippen molar-refractivity contribution < 1.29 is 4.74 Å². The number of hydrogen-bond donors (Lipinski definition) is 2. The maximum absolute atomic E-state index is 5.74. The number of rotatable bonds is 9. The number of hydrogen-bond acceptors (Lipinski definition) is 4. The Bertz CT molecular complexity index is 823. The average molecular weight is 412 g/mol. The summed E-state index contributed by atoms with van der Waals surface area (Å²) in [5, 5.41) is 6.57. The molecular formula is C24H37N5O. The van der Waals surface area contributed by atoms with Crippen LogP contribution in [0.2, 0.25) is 0 Å². The first-order valence-electron chi connectivity index (χ1n) is 10.5. The fourth-order valence-corrected chi connectivity index (χ4v) is 2.71. The van der Waals surface area contributed by atoms with E-state index in [1.165, 1.54) is 0 Å². The van der Waals surface area contributed by atoms with Gasteiger partial charge in [-0.25, -0.2) is 9.98 Å². The van der Waals surface area contributed by atoms with Gasteiger partial charge in [-0.3, -0.25) is 4.57 Å². The highest BCUT2D eigenvalue weighted by molar-refractivity contribution is 5.83. The topological polar surface area (TPSA) is 63.5 Å². The smallest absolute Gasteiger partial charge is 0.204 e. The molecule has 0 unspecified atom stereocenters. The van der Waals surface area contributed by atoms with Gasteiger partial charge in [-0.05, 0) is 44.0 Å². The Balaban J connectivity index is 0.00000218. The lowest BCUT2D eigenvalue weighted by Gasteiger charge is -2.13. The lowest BCUT2D eigenvalue weighted by atomic mass is 10.2. The van der Waals surface area contributed by atoms with E-state index in [1.807, 2.05) is 39.2 Å². The van der Waals surface area contributed by atoms with E-state index in [1.54, 1.807) is 0 Å². The quantitative estimate of drug-likeness (QED) is 0.363. The molecular weight excluding hydrogens is 374 g/mol. The van der Waals surface area contributed by atoms with Gasteiger partial charge in [0.1, 0.15) is 11.6 Å². The molecule has 30 heavy (non-hydrogen) atoms. The van der Waals surface area contributed by atoms with Gasteiger partial charge in [-0.2, -0.15) is 0 Å². The maximum atomic E-state index is 5.74. The highest BCUT2D eigenvalue weighted by Gasteiger charge is 2.09. The molecule has 0 amide bonds. The van der Waals surface area contributed by atoms with Gasteiger partial charge in [0.2, 0.25) is 5.96 Å².